The quantitative estimate of drug-likeness (QED) is 0.210. The third-order valence-corrected chi connectivity index (χ3v) is 5.52. The number of rotatable bonds is 8. The second-order valence-electron chi connectivity index (χ2n) is 7.31. The first-order chi connectivity index (χ1) is 16.4. The van der Waals surface area contributed by atoms with E-state index in [0.29, 0.717) is 50.7 Å². The normalized spacial score (nSPS) is 10.7. The predicted molar refractivity (Wildman–Crippen MR) is 126 cm³/mol. The predicted octanol–water partition coefficient (Wildman–Crippen LogP) is 4.80. The van der Waals surface area contributed by atoms with Crippen LogP contribution in [-0.2, 0) is 0 Å². The molecule has 1 aromatic heterocycles. The highest BCUT2D eigenvalue weighted by Gasteiger charge is 2.22. The minimum absolute atomic E-state index is 0.0217. The van der Waals surface area contributed by atoms with Gasteiger partial charge in [0.15, 0.2) is 17.3 Å². The van der Waals surface area contributed by atoms with Crippen LogP contribution in [0.25, 0.3) is 16.6 Å². The molecule has 0 aliphatic rings. The van der Waals surface area contributed by atoms with Crippen LogP contribution in [0.2, 0.25) is 0 Å². The van der Waals surface area contributed by atoms with Crippen molar-refractivity contribution in [2.24, 2.45) is 0 Å². The topological polar surface area (TPSA) is 102 Å². The van der Waals surface area contributed by atoms with Gasteiger partial charge in [0.1, 0.15) is 5.75 Å². The number of ether oxygens (including phenoxy) is 4. The van der Waals surface area contributed by atoms with Crippen LogP contribution in [0, 0.1) is 10.1 Å². The van der Waals surface area contributed by atoms with Crippen LogP contribution < -0.4 is 18.9 Å². The molecule has 0 aliphatic carbocycles. The molecule has 0 amide bonds. The summed E-state index contributed by atoms with van der Waals surface area (Å²) in [5.41, 5.74) is 2.14. The minimum Gasteiger partial charge on any atom is -0.497 e. The molecule has 34 heavy (non-hydrogen) atoms. The van der Waals surface area contributed by atoms with Crippen molar-refractivity contribution < 1.29 is 28.7 Å². The molecule has 174 valence electrons. The molecular formula is C25H22N2O7. The zero-order valence-electron chi connectivity index (χ0n) is 19.0. The SMILES string of the molecule is COc1ccc2c(C(=O)c3cc(OC)c(OC)c(OC)c3)cn(-c3ccc([N+](=O)[O-])cc3)c2c1. The highest BCUT2D eigenvalue weighted by molar-refractivity contribution is 6.17. The summed E-state index contributed by atoms with van der Waals surface area (Å²) < 4.78 is 23.3. The molecular weight excluding hydrogens is 440 g/mol. The van der Waals surface area contributed by atoms with Gasteiger partial charge in [-0.3, -0.25) is 14.9 Å². The van der Waals surface area contributed by atoms with Crippen LogP contribution in [-0.4, -0.2) is 43.7 Å². The third kappa shape index (κ3) is 3.88. The highest BCUT2D eigenvalue weighted by Crippen LogP contribution is 2.39. The Morgan fingerprint density at radius 1 is 0.853 bits per heavy atom. The van der Waals surface area contributed by atoms with Gasteiger partial charge in [-0.05, 0) is 36.4 Å². The summed E-state index contributed by atoms with van der Waals surface area (Å²) in [6.07, 6.45) is 1.71. The van der Waals surface area contributed by atoms with Crippen molar-refractivity contribution in [2.75, 3.05) is 28.4 Å². The number of non-ortho nitro benzene ring substituents is 1. The van der Waals surface area contributed by atoms with E-state index in [2.05, 4.69) is 0 Å². The van der Waals surface area contributed by atoms with E-state index in [9.17, 15) is 14.9 Å². The highest BCUT2D eigenvalue weighted by atomic mass is 16.6. The Balaban J connectivity index is 1.90. The van der Waals surface area contributed by atoms with Crippen LogP contribution in [0.3, 0.4) is 0 Å². The fraction of sp³-hybridized carbons (Fsp3) is 0.160. The van der Waals surface area contributed by atoms with E-state index in [1.807, 2.05) is 6.07 Å². The molecule has 1 heterocycles. The number of hydrogen-bond acceptors (Lipinski definition) is 7. The van der Waals surface area contributed by atoms with Gasteiger partial charge in [0.2, 0.25) is 5.75 Å². The van der Waals surface area contributed by atoms with Gasteiger partial charge in [0.25, 0.3) is 5.69 Å². The van der Waals surface area contributed by atoms with Gasteiger partial charge in [0, 0.05) is 46.6 Å². The third-order valence-electron chi connectivity index (χ3n) is 5.52. The van der Waals surface area contributed by atoms with Crippen molar-refractivity contribution in [1.82, 2.24) is 4.57 Å². The van der Waals surface area contributed by atoms with Crippen LogP contribution in [0.4, 0.5) is 5.69 Å². The Bertz CT molecular complexity index is 1370. The molecule has 9 heteroatoms. The summed E-state index contributed by atoms with van der Waals surface area (Å²) in [4.78, 5) is 24.2. The van der Waals surface area contributed by atoms with Crippen molar-refractivity contribution >= 4 is 22.4 Å². The number of ketones is 1. The molecule has 0 spiro atoms. The van der Waals surface area contributed by atoms with E-state index in [1.54, 1.807) is 54.3 Å². The van der Waals surface area contributed by atoms with Crippen molar-refractivity contribution in [3.8, 4) is 28.7 Å². The van der Waals surface area contributed by atoms with E-state index < -0.39 is 4.92 Å². The van der Waals surface area contributed by atoms with Gasteiger partial charge in [-0.15, -0.1) is 0 Å². The van der Waals surface area contributed by atoms with Gasteiger partial charge in [-0.1, -0.05) is 0 Å². The second kappa shape index (κ2) is 9.14. The van der Waals surface area contributed by atoms with Gasteiger partial charge in [-0.2, -0.15) is 0 Å². The molecule has 0 fully saturated rings. The monoisotopic (exact) mass is 462 g/mol. The number of nitro benzene ring substituents is 1. The molecule has 0 N–H and O–H groups in total. The van der Waals surface area contributed by atoms with E-state index >= 15 is 0 Å². The maximum atomic E-state index is 13.7. The molecule has 0 aliphatic heterocycles. The molecule has 0 radical (unpaired) electrons. The first kappa shape index (κ1) is 22.7. The van der Waals surface area contributed by atoms with E-state index in [0.717, 1.165) is 0 Å². The lowest BCUT2D eigenvalue weighted by Gasteiger charge is -2.13. The Morgan fingerprint density at radius 3 is 2.03 bits per heavy atom. The Hall–Kier alpha value is -4.53. The standard InChI is InChI=1S/C25H22N2O7/c1-31-18-9-10-19-20(24(28)15-11-22(32-2)25(34-4)23(12-15)33-3)14-26(21(19)13-18)16-5-7-17(8-6-16)27(29)30/h5-14H,1-4H3. The number of nitrogens with zero attached hydrogens (tertiary/aromatic N) is 2. The van der Waals surface area contributed by atoms with Crippen LogP contribution >= 0.6 is 0 Å². The zero-order valence-corrected chi connectivity index (χ0v) is 19.0. The average Bonchev–Trinajstić information content (AvgIpc) is 3.25. The fourth-order valence-corrected chi connectivity index (χ4v) is 3.83. The summed E-state index contributed by atoms with van der Waals surface area (Å²) in [7, 11) is 6.02. The first-order valence-corrected chi connectivity index (χ1v) is 10.2. The molecule has 0 atom stereocenters. The summed E-state index contributed by atoms with van der Waals surface area (Å²) in [6, 6.07) is 14.7. The van der Waals surface area contributed by atoms with Crippen molar-refractivity contribution in [3.05, 3.63) is 82.0 Å². The molecule has 0 saturated carbocycles. The summed E-state index contributed by atoms with van der Waals surface area (Å²) >= 11 is 0. The van der Waals surface area contributed by atoms with Crippen LogP contribution in [0.5, 0.6) is 23.0 Å². The molecule has 0 saturated heterocycles. The molecule has 0 unspecified atom stereocenters. The molecule has 4 aromatic rings. The van der Waals surface area contributed by atoms with E-state index in [4.69, 9.17) is 18.9 Å². The molecule has 3 aromatic carbocycles. The number of carbonyl (C=O) groups excluding carboxylic acids is 1. The van der Waals surface area contributed by atoms with E-state index in [1.165, 1.54) is 33.5 Å². The van der Waals surface area contributed by atoms with Crippen LogP contribution in [0.15, 0.2) is 60.8 Å². The lowest BCUT2D eigenvalue weighted by Crippen LogP contribution is -2.04. The van der Waals surface area contributed by atoms with Crippen molar-refractivity contribution in [1.29, 1.82) is 0 Å². The lowest BCUT2D eigenvalue weighted by molar-refractivity contribution is -0.384. The first-order valence-electron chi connectivity index (χ1n) is 10.2. The molecule has 9 nitrogen and oxygen atoms in total. The summed E-state index contributed by atoms with van der Waals surface area (Å²) in [5, 5.41) is 11.7. The number of aromatic nitrogens is 1. The molecule has 4 rings (SSSR count). The Kier molecular flexibility index (Phi) is 6.09. The number of hydrogen-bond donors (Lipinski definition) is 0. The van der Waals surface area contributed by atoms with Crippen molar-refractivity contribution in [3.63, 3.8) is 0 Å². The number of benzene rings is 3. The van der Waals surface area contributed by atoms with Gasteiger partial charge in [0.05, 0.1) is 38.9 Å². The average molecular weight is 462 g/mol. The number of methoxy groups -OCH3 is 4. The maximum absolute atomic E-state index is 13.7. The Morgan fingerprint density at radius 2 is 1.50 bits per heavy atom. The Labute approximate surface area is 195 Å². The number of nitro groups is 1. The fourth-order valence-electron chi connectivity index (χ4n) is 3.83. The smallest absolute Gasteiger partial charge is 0.269 e. The number of fused-ring (bicyclic) bond motifs is 1. The second-order valence-corrected chi connectivity index (χ2v) is 7.31. The van der Waals surface area contributed by atoms with Crippen LogP contribution in [0.1, 0.15) is 15.9 Å². The van der Waals surface area contributed by atoms with Gasteiger partial charge in [-0.25, -0.2) is 0 Å². The van der Waals surface area contributed by atoms with E-state index in [-0.39, 0.29) is 11.5 Å². The van der Waals surface area contributed by atoms with Gasteiger partial charge < -0.3 is 23.5 Å². The maximum Gasteiger partial charge on any atom is 0.269 e. The number of carbonyl (C=O) groups is 1. The minimum atomic E-state index is -0.458. The lowest BCUT2D eigenvalue weighted by atomic mass is 10.0. The van der Waals surface area contributed by atoms with Crippen molar-refractivity contribution in [2.45, 2.75) is 0 Å². The largest absolute Gasteiger partial charge is 0.497 e. The molecule has 0 bridgehead atoms. The summed E-state index contributed by atoms with van der Waals surface area (Å²) in [6.45, 7) is 0. The summed E-state index contributed by atoms with van der Waals surface area (Å²) in [5.74, 6) is 1.48. The zero-order chi connectivity index (χ0) is 24.4. The van der Waals surface area contributed by atoms with Gasteiger partial charge >= 0.3 is 0 Å².